The Balaban J connectivity index is 1.25. The number of fused-ring (bicyclic) bond motifs is 9. The molecule has 0 radical (unpaired) electrons. The largest absolute Gasteiger partial charge is 0.309 e. The van der Waals surface area contributed by atoms with E-state index in [0.717, 1.165) is 0 Å². The zero-order valence-electron chi connectivity index (χ0n) is 26.4. The van der Waals surface area contributed by atoms with Gasteiger partial charge in [-0.2, -0.15) is 0 Å². The maximum Gasteiger partial charge on any atom is 0.0547 e. The second-order valence-corrected chi connectivity index (χ2v) is 13.4. The van der Waals surface area contributed by atoms with Gasteiger partial charge in [-0.3, -0.25) is 0 Å². The van der Waals surface area contributed by atoms with E-state index in [1.807, 2.05) is 0 Å². The molecule has 0 saturated heterocycles. The maximum absolute atomic E-state index is 2.46. The molecule has 2 heterocycles. The summed E-state index contributed by atoms with van der Waals surface area (Å²) in [7, 11) is 0. The summed E-state index contributed by atoms with van der Waals surface area (Å²) in [5.74, 6) is 0. The molecular formula is C45H32N2. The summed E-state index contributed by atoms with van der Waals surface area (Å²) in [6.07, 6.45) is 0. The molecule has 0 aliphatic heterocycles. The molecule has 0 saturated carbocycles. The second kappa shape index (κ2) is 9.57. The molecule has 1 aliphatic carbocycles. The fraction of sp³-hybridized carbons (Fsp3) is 0.0667. The molecule has 9 aromatic rings. The minimum atomic E-state index is -0.0597. The zero-order chi connectivity index (χ0) is 31.3. The van der Waals surface area contributed by atoms with E-state index in [1.54, 1.807) is 0 Å². The topological polar surface area (TPSA) is 9.86 Å². The second-order valence-electron chi connectivity index (χ2n) is 13.4. The average molecular weight is 601 g/mol. The molecule has 10 rings (SSSR count). The summed E-state index contributed by atoms with van der Waals surface area (Å²) in [4.78, 5) is 0. The van der Waals surface area contributed by atoms with Crippen LogP contribution in [0.3, 0.4) is 0 Å². The van der Waals surface area contributed by atoms with Gasteiger partial charge < -0.3 is 9.13 Å². The SMILES string of the molecule is CC1(C)c2ccccc2-c2cc3c4cc(-c5ccc6c7ccccc7n(-c7ccccc7)c6c5)ccc4n(-c4ccccc4)c3cc21. The standard InChI is InChI=1S/C45H32N2/c1-45(2)39-19-11-9-17-33(39)36-27-38-37-25-29(22-24-42(37)47(44(38)28-40(36)45)32-15-7-4-8-16-32)30-21-23-35-34-18-10-12-20-41(34)46(43(35)26-30)31-13-5-3-6-14-31/h3-28H,1-2H3. The molecule has 2 heteroatoms. The van der Waals surface area contributed by atoms with E-state index in [-0.39, 0.29) is 5.41 Å². The molecular weight excluding hydrogens is 569 g/mol. The number of para-hydroxylation sites is 3. The number of hydrogen-bond donors (Lipinski definition) is 0. The summed E-state index contributed by atoms with van der Waals surface area (Å²) in [6.45, 7) is 4.73. The molecule has 1 aliphatic rings. The monoisotopic (exact) mass is 600 g/mol. The van der Waals surface area contributed by atoms with Crippen LogP contribution in [-0.2, 0) is 5.41 Å². The molecule has 0 bridgehead atoms. The van der Waals surface area contributed by atoms with Gasteiger partial charge in [0, 0.05) is 38.3 Å². The highest BCUT2D eigenvalue weighted by Crippen LogP contribution is 2.51. The first-order valence-electron chi connectivity index (χ1n) is 16.4. The lowest BCUT2D eigenvalue weighted by atomic mass is 9.82. The van der Waals surface area contributed by atoms with Crippen LogP contribution in [-0.4, -0.2) is 9.13 Å². The normalized spacial score (nSPS) is 13.5. The van der Waals surface area contributed by atoms with Crippen LogP contribution in [0.1, 0.15) is 25.0 Å². The Kier molecular flexibility index (Phi) is 5.37. The first-order valence-corrected chi connectivity index (χ1v) is 16.4. The molecule has 0 amide bonds. The number of benzene rings is 7. The summed E-state index contributed by atoms with van der Waals surface area (Å²) < 4.78 is 4.85. The van der Waals surface area contributed by atoms with Crippen LogP contribution in [0.2, 0.25) is 0 Å². The zero-order valence-corrected chi connectivity index (χ0v) is 26.4. The van der Waals surface area contributed by atoms with Gasteiger partial charge in [0.1, 0.15) is 0 Å². The van der Waals surface area contributed by atoms with Gasteiger partial charge in [-0.25, -0.2) is 0 Å². The van der Waals surface area contributed by atoms with Gasteiger partial charge in [-0.15, -0.1) is 0 Å². The molecule has 7 aromatic carbocycles. The molecule has 0 unspecified atom stereocenters. The van der Waals surface area contributed by atoms with Crippen molar-refractivity contribution >= 4 is 43.6 Å². The predicted octanol–water partition coefficient (Wildman–Crippen LogP) is 11.9. The Morgan fingerprint density at radius 3 is 1.68 bits per heavy atom. The minimum Gasteiger partial charge on any atom is -0.309 e. The fourth-order valence-corrected chi connectivity index (χ4v) is 8.25. The third kappa shape index (κ3) is 3.67. The van der Waals surface area contributed by atoms with Gasteiger partial charge in [-0.05, 0) is 94.0 Å². The van der Waals surface area contributed by atoms with Crippen molar-refractivity contribution in [1.29, 1.82) is 0 Å². The van der Waals surface area contributed by atoms with Crippen LogP contribution in [0.5, 0.6) is 0 Å². The van der Waals surface area contributed by atoms with Crippen molar-refractivity contribution in [3.63, 3.8) is 0 Å². The molecule has 2 nitrogen and oxygen atoms in total. The summed E-state index contributed by atoms with van der Waals surface area (Å²) in [5.41, 5.74) is 15.2. The molecule has 2 aromatic heterocycles. The van der Waals surface area contributed by atoms with E-state index in [1.165, 1.54) is 88.4 Å². The van der Waals surface area contributed by atoms with Crippen molar-refractivity contribution < 1.29 is 0 Å². The van der Waals surface area contributed by atoms with Crippen LogP contribution in [0, 0.1) is 0 Å². The van der Waals surface area contributed by atoms with Crippen LogP contribution in [0.15, 0.2) is 158 Å². The van der Waals surface area contributed by atoms with Gasteiger partial charge in [0.15, 0.2) is 0 Å². The van der Waals surface area contributed by atoms with Gasteiger partial charge in [0.05, 0.1) is 22.1 Å². The van der Waals surface area contributed by atoms with Crippen molar-refractivity contribution in [2.75, 3.05) is 0 Å². The van der Waals surface area contributed by atoms with E-state index >= 15 is 0 Å². The van der Waals surface area contributed by atoms with Crippen LogP contribution in [0.25, 0.3) is 77.2 Å². The van der Waals surface area contributed by atoms with E-state index in [0.29, 0.717) is 0 Å². The lowest BCUT2D eigenvalue weighted by Gasteiger charge is -2.21. The van der Waals surface area contributed by atoms with Gasteiger partial charge >= 0.3 is 0 Å². The average Bonchev–Trinajstić information content (AvgIpc) is 3.71. The molecule has 0 fully saturated rings. The van der Waals surface area contributed by atoms with E-state index in [9.17, 15) is 0 Å². The number of hydrogen-bond acceptors (Lipinski definition) is 0. The fourth-order valence-electron chi connectivity index (χ4n) is 8.25. The Morgan fingerprint density at radius 2 is 0.915 bits per heavy atom. The van der Waals surface area contributed by atoms with Gasteiger partial charge in [0.25, 0.3) is 0 Å². The third-order valence-corrected chi connectivity index (χ3v) is 10.5. The van der Waals surface area contributed by atoms with E-state index in [4.69, 9.17) is 0 Å². The highest BCUT2D eigenvalue weighted by atomic mass is 15.0. The molecule has 0 N–H and O–H groups in total. The molecule has 47 heavy (non-hydrogen) atoms. The minimum absolute atomic E-state index is 0.0597. The maximum atomic E-state index is 2.46. The van der Waals surface area contributed by atoms with Crippen molar-refractivity contribution in [2.24, 2.45) is 0 Å². The first-order chi connectivity index (χ1) is 23.1. The van der Waals surface area contributed by atoms with Gasteiger partial charge in [0.2, 0.25) is 0 Å². The molecule has 0 atom stereocenters. The van der Waals surface area contributed by atoms with Crippen LogP contribution in [0.4, 0.5) is 0 Å². The van der Waals surface area contributed by atoms with Crippen LogP contribution < -0.4 is 0 Å². The molecule has 222 valence electrons. The number of nitrogens with zero attached hydrogens (tertiary/aromatic N) is 2. The highest BCUT2D eigenvalue weighted by Gasteiger charge is 2.36. The van der Waals surface area contributed by atoms with Crippen molar-refractivity contribution in [1.82, 2.24) is 9.13 Å². The molecule has 0 spiro atoms. The summed E-state index contributed by atoms with van der Waals surface area (Å²) >= 11 is 0. The first kappa shape index (κ1) is 26.4. The smallest absolute Gasteiger partial charge is 0.0547 e. The van der Waals surface area contributed by atoms with Crippen molar-refractivity contribution in [2.45, 2.75) is 19.3 Å². The van der Waals surface area contributed by atoms with Gasteiger partial charge in [-0.1, -0.05) is 111 Å². The number of aromatic nitrogens is 2. The Morgan fingerprint density at radius 1 is 0.362 bits per heavy atom. The summed E-state index contributed by atoms with van der Waals surface area (Å²) in [5, 5.41) is 5.11. The Labute approximate surface area is 273 Å². The number of rotatable bonds is 3. The van der Waals surface area contributed by atoms with E-state index < -0.39 is 0 Å². The van der Waals surface area contributed by atoms with Crippen LogP contribution >= 0.6 is 0 Å². The van der Waals surface area contributed by atoms with E-state index in [2.05, 4.69) is 181 Å². The van der Waals surface area contributed by atoms with Crippen molar-refractivity contribution in [3.8, 4) is 33.6 Å². The Bertz CT molecular complexity index is 2690. The highest BCUT2D eigenvalue weighted by molar-refractivity contribution is 6.14. The summed E-state index contributed by atoms with van der Waals surface area (Å²) in [6, 6.07) is 58.1. The lowest BCUT2D eigenvalue weighted by Crippen LogP contribution is -2.14. The van der Waals surface area contributed by atoms with Crippen molar-refractivity contribution in [3.05, 3.63) is 169 Å². The Hall–Kier alpha value is -5.86. The quantitative estimate of drug-likeness (QED) is 0.191. The lowest BCUT2D eigenvalue weighted by molar-refractivity contribution is 0.661. The third-order valence-electron chi connectivity index (χ3n) is 10.5. The predicted molar refractivity (Wildman–Crippen MR) is 198 cm³/mol.